The minimum Gasteiger partial charge on any atom is -0.466 e. The number of hydrogen-bond donors (Lipinski definition) is 2. The largest absolute Gasteiger partial charge is 0.466 e. The van der Waals surface area contributed by atoms with Crippen molar-refractivity contribution in [2.45, 2.75) is 19.9 Å². The quantitative estimate of drug-likeness (QED) is 0.702. The molecule has 0 atom stereocenters. The fraction of sp³-hybridized carbons (Fsp3) is 0.462. The first-order valence-electron chi connectivity index (χ1n) is 6.36. The van der Waals surface area contributed by atoms with E-state index in [9.17, 15) is 13.2 Å². The molecule has 7 heteroatoms. The maximum Gasteiger partial charge on any atom is 0.306 e. The van der Waals surface area contributed by atoms with Gasteiger partial charge in [0.05, 0.1) is 18.8 Å². The van der Waals surface area contributed by atoms with Gasteiger partial charge in [-0.15, -0.1) is 0 Å². The third kappa shape index (κ3) is 6.03. The predicted octanol–water partition coefficient (Wildman–Crippen LogP) is 1.10. The predicted molar refractivity (Wildman–Crippen MR) is 77.9 cm³/mol. The summed E-state index contributed by atoms with van der Waals surface area (Å²) in [5, 5.41) is 2.99. The second kappa shape index (κ2) is 7.86. The Kier molecular flexibility index (Phi) is 6.47. The zero-order valence-electron chi connectivity index (χ0n) is 11.7. The van der Waals surface area contributed by atoms with Crippen LogP contribution in [0.15, 0.2) is 24.3 Å². The molecule has 1 aromatic carbocycles. The molecule has 6 nitrogen and oxygen atoms in total. The molecule has 1 aromatic rings. The van der Waals surface area contributed by atoms with Gasteiger partial charge < -0.3 is 10.1 Å². The third-order valence-electron chi connectivity index (χ3n) is 2.46. The second-order valence-electron chi connectivity index (χ2n) is 4.21. The molecule has 0 aromatic heterocycles. The normalized spacial score (nSPS) is 11.1. The summed E-state index contributed by atoms with van der Waals surface area (Å²) in [5.74, 6) is -0.802. The first-order valence-corrected chi connectivity index (χ1v) is 8.01. The molecule has 0 aliphatic heterocycles. The lowest BCUT2D eigenvalue weighted by Crippen LogP contribution is -2.20. The topological polar surface area (TPSA) is 84.5 Å². The number of anilines is 1. The summed E-state index contributed by atoms with van der Waals surface area (Å²) in [5.41, 5.74) is 1.46. The van der Waals surface area contributed by atoms with Crippen molar-refractivity contribution in [2.24, 2.45) is 0 Å². The number of ether oxygens (including phenoxy) is 1. The Morgan fingerprint density at radius 3 is 2.75 bits per heavy atom. The number of hydrogen-bond acceptors (Lipinski definition) is 5. The second-order valence-corrected chi connectivity index (χ2v) is 6.05. The maximum atomic E-state index is 11.8. The van der Waals surface area contributed by atoms with E-state index in [1.54, 1.807) is 25.1 Å². The van der Waals surface area contributed by atoms with Gasteiger partial charge in [0, 0.05) is 12.2 Å². The van der Waals surface area contributed by atoms with E-state index in [4.69, 9.17) is 4.74 Å². The third-order valence-corrected chi connectivity index (χ3v) is 3.75. The lowest BCUT2D eigenvalue weighted by Gasteiger charge is -2.09. The van der Waals surface area contributed by atoms with E-state index < -0.39 is 16.0 Å². The molecule has 0 radical (unpaired) electrons. The first-order chi connectivity index (χ1) is 9.46. The number of nitrogens with one attached hydrogen (secondary N) is 2. The van der Waals surface area contributed by atoms with Gasteiger partial charge in [0.15, 0.2) is 0 Å². The van der Waals surface area contributed by atoms with Crippen LogP contribution >= 0.6 is 0 Å². The Labute approximate surface area is 119 Å². The molecule has 0 saturated carbocycles. The van der Waals surface area contributed by atoms with Crippen LogP contribution in [-0.4, -0.2) is 33.8 Å². The number of sulfonamides is 1. The number of rotatable bonds is 8. The molecule has 0 fully saturated rings. The summed E-state index contributed by atoms with van der Waals surface area (Å²) in [6, 6.07) is 7.09. The van der Waals surface area contributed by atoms with E-state index in [0.717, 1.165) is 5.56 Å². The molecule has 0 aliphatic carbocycles. The van der Waals surface area contributed by atoms with Gasteiger partial charge in [-0.2, -0.15) is 0 Å². The van der Waals surface area contributed by atoms with Crippen LogP contribution in [-0.2, 0) is 26.1 Å². The SMILES string of the molecule is CCOC(=O)CCS(=O)(=O)Nc1cccc(CNC)c1. The van der Waals surface area contributed by atoms with Crippen molar-refractivity contribution in [3.63, 3.8) is 0 Å². The maximum absolute atomic E-state index is 11.8. The summed E-state index contributed by atoms with van der Waals surface area (Å²) in [4.78, 5) is 11.2. The number of carbonyl (C=O) groups excluding carboxylic acids is 1. The molecule has 20 heavy (non-hydrogen) atoms. The van der Waals surface area contributed by atoms with Gasteiger partial charge in [-0.25, -0.2) is 8.42 Å². The molecule has 0 unspecified atom stereocenters. The Morgan fingerprint density at radius 2 is 2.10 bits per heavy atom. The smallest absolute Gasteiger partial charge is 0.306 e. The van der Waals surface area contributed by atoms with E-state index in [-0.39, 0.29) is 18.8 Å². The Morgan fingerprint density at radius 1 is 1.35 bits per heavy atom. The van der Waals surface area contributed by atoms with Crippen molar-refractivity contribution in [3.8, 4) is 0 Å². The highest BCUT2D eigenvalue weighted by Gasteiger charge is 2.14. The van der Waals surface area contributed by atoms with Crippen LogP contribution in [0.3, 0.4) is 0 Å². The lowest BCUT2D eigenvalue weighted by molar-refractivity contribution is -0.142. The highest BCUT2D eigenvalue weighted by molar-refractivity contribution is 7.92. The highest BCUT2D eigenvalue weighted by Crippen LogP contribution is 2.12. The van der Waals surface area contributed by atoms with Gasteiger partial charge in [-0.3, -0.25) is 9.52 Å². The number of benzene rings is 1. The molecule has 0 amide bonds. The van der Waals surface area contributed by atoms with Gasteiger partial charge in [0.2, 0.25) is 10.0 Å². The minimum atomic E-state index is -3.55. The molecule has 112 valence electrons. The molecule has 0 spiro atoms. The summed E-state index contributed by atoms with van der Waals surface area (Å²) >= 11 is 0. The van der Waals surface area contributed by atoms with Crippen LogP contribution in [0.2, 0.25) is 0 Å². The summed E-state index contributed by atoms with van der Waals surface area (Å²) in [6.07, 6.45) is -0.153. The van der Waals surface area contributed by atoms with Crippen LogP contribution in [0.25, 0.3) is 0 Å². The van der Waals surface area contributed by atoms with Gasteiger partial charge >= 0.3 is 5.97 Å². The Bertz CT molecular complexity index is 543. The molecular weight excluding hydrogens is 280 g/mol. The molecule has 1 rings (SSSR count). The molecule has 0 bridgehead atoms. The fourth-order valence-electron chi connectivity index (χ4n) is 1.63. The van der Waals surface area contributed by atoms with Crippen molar-refractivity contribution in [1.29, 1.82) is 0 Å². The van der Waals surface area contributed by atoms with Gasteiger partial charge in [0.25, 0.3) is 0 Å². The summed E-state index contributed by atoms with van der Waals surface area (Å²) < 4.78 is 30.8. The zero-order valence-corrected chi connectivity index (χ0v) is 12.5. The molecular formula is C13H20N2O4S. The highest BCUT2D eigenvalue weighted by atomic mass is 32.2. The van der Waals surface area contributed by atoms with Crippen LogP contribution in [0, 0.1) is 0 Å². The van der Waals surface area contributed by atoms with Crippen molar-refractivity contribution >= 4 is 21.7 Å². The average Bonchev–Trinajstić information content (AvgIpc) is 2.37. The number of carbonyl (C=O) groups is 1. The van der Waals surface area contributed by atoms with Crippen LogP contribution < -0.4 is 10.0 Å². The summed E-state index contributed by atoms with van der Waals surface area (Å²) in [6.45, 7) is 2.58. The van der Waals surface area contributed by atoms with E-state index in [2.05, 4.69) is 10.0 Å². The lowest BCUT2D eigenvalue weighted by atomic mass is 10.2. The van der Waals surface area contributed by atoms with E-state index in [0.29, 0.717) is 12.2 Å². The molecule has 2 N–H and O–H groups in total. The minimum absolute atomic E-state index is 0.153. The van der Waals surface area contributed by atoms with E-state index >= 15 is 0 Å². The van der Waals surface area contributed by atoms with E-state index in [1.807, 2.05) is 13.1 Å². The van der Waals surface area contributed by atoms with Crippen LogP contribution in [0.5, 0.6) is 0 Å². The fourth-order valence-corrected chi connectivity index (χ4v) is 2.65. The van der Waals surface area contributed by atoms with Gasteiger partial charge in [-0.05, 0) is 31.7 Å². The first kappa shape index (κ1) is 16.5. The molecule has 0 saturated heterocycles. The van der Waals surface area contributed by atoms with E-state index in [1.165, 1.54) is 0 Å². The van der Waals surface area contributed by atoms with Crippen molar-refractivity contribution in [3.05, 3.63) is 29.8 Å². The Balaban J connectivity index is 2.61. The standard InChI is InChI=1S/C13H20N2O4S/c1-3-19-13(16)7-8-20(17,18)15-12-6-4-5-11(9-12)10-14-2/h4-6,9,14-15H,3,7-8,10H2,1-2H3. The molecule has 0 aliphatic rings. The van der Waals surface area contributed by atoms with Crippen LogP contribution in [0.4, 0.5) is 5.69 Å². The number of esters is 1. The van der Waals surface area contributed by atoms with Crippen molar-refractivity contribution in [2.75, 3.05) is 24.1 Å². The summed E-state index contributed by atoms with van der Waals surface area (Å²) in [7, 11) is -1.74. The van der Waals surface area contributed by atoms with Gasteiger partial charge in [0.1, 0.15) is 0 Å². The van der Waals surface area contributed by atoms with Crippen molar-refractivity contribution in [1.82, 2.24) is 5.32 Å². The average molecular weight is 300 g/mol. The van der Waals surface area contributed by atoms with Gasteiger partial charge in [-0.1, -0.05) is 12.1 Å². The van der Waals surface area contributed by atoms with Crippen LogP contribution in [0.1, 0.15) is 18.9 Å². The molecule has 0 heterocycles. The Hall–Kier alpha value is -1.60. The monoisotopic (exact) mass is 300 g/mol. The van der Waals surface area contributed by atoms with Crippen molar-refractivity contribution < 1.29 is 17.9 Å². The zero-order chi connectivity index (χ0) is 15.0.